The molecule has 7 nitrogen and oxygen atoms in total. The van der Waals surface area contributed by atoms with Crippen LogP contribution in [-0.2, 0) is 9.59 Å². The van der Waals surface area contributed by atoms with Crippen molar-refractivity contribution in [3.05, 3.63) is 127 Å². The molecule has 2 atom stereocenters. The molecule has 1 aliphatic rings. The van der Waals surface area contributed by atoms with Gasteiger partial charge >= 0.3 is 0 Å². The minimum Gasteiger partial charge on any atom is -0.351 e. The van der Waals surface area contributed by atoms with E-state index in [2.05, 4.69) is 15.6 Å². The van der Waals surface area contributed by atoms with Crippen molar-refractivity contribution in [3.63, 3.8) is 0 Å². The fraction of sp³-hybridized carbons (Fsp3) is 0.0938. The number of nitrogens with zero attached hydrogens (tertiary/aromatic N) is 1. The van der Waals surface area contributed by atoms with Crippen molar-refractivity contribution in [2.75, 3.05) is 16.8 Å². The molecule has 2 heterocycles. The molecule has 0 spiro atoms. The number of H-pyrrole nitrogens is 1. The molecule has 1 aliphatic heterocycles. The van der Waals surface area contributed by atoms with Gasteiger partial charge in [0.1, 0.15) is 18.3 Å². The molecule has 3 amide bonds. The largest absolute Gasteiger partial charge is 0.351 e. The molecule has 5 aromatic rings. The maximum absolute atomic E-state index is 14.3. The molecule has 8 heteroatoms. The van der Waals surface area contributed by atoms with E-state index in [4.69, 9.17) is 0 Å². The normalized spacial score (nSPS) is 16.7. The van der Waals surface area contributed by atoms with Gasteiger partial charge in [-0.15, -0.1) is 11.8 Å². The summed E-state index contributed by atoms with van der Waals surface area (Å²) in [7, 11) is 0. The number of hydrogen-bond acceptors (Lipinski definition) is 4. The van der Waals surface area contributed by atoms with Crippen LogP contribution in [0.25, 0.3) is 10.9 Å². The van der Waals surface area contributed by atoms with Gasteiger partial charge in [-0.2, -0.15) is 0 Å². The van der Waals surface area contributed by atoms with E-state index in [1.54, 1.807) is 18.2 Å². The van der Waals surface area contributed by atoms with Crippen molar-refractivity contribution in [1.82, 2.24) is 10.3 Å². The number of carbonyl (C=O) groups excluding carboxylic acids is 3. The molecular weight excluding hydrogens is 520 g/mol. The fourth-order valence-corrected chi connectivity index (χ4v) is 6.23. The Bertz CT molecular complexity index is 1650. The molecule has 0 saturated heterocycles. The molecule has 0 bridgehead atoms. The molecule has 0 radical (unpaired) electrons. The molecular formula is C32H26N4O3S. The van der Waals surface area contributed by atoms with Crippen molar-refractivity contribution in [2.24, 2.45) is 0 Å². The number of thioether (sulfide) groups is 1. The van der Waals surface area contributed by atoms with Gasteiger partial charge in [-0.05, 0) is 42.0 Å². The summed E-state index contributed by atoms with van der Waals surface area (Å²) in [5.41, 5.74) is 3.36. The highest BCUT2D eigenvalue weighted by atomic mass is 32.2. The smallest absolute Gasteiger partial charge is 0.268 e. The summed E-state index contributed by atoms with van der Waals surface area (Å²) in [6.07, 6.45) is 0. The van der Waals surface area contributed by atoms with E-state index < -0.39 is 17.2 Å². The van der Waals surface area contributed by atoms with E-state index >= 15 is 0 Å². The second-order valence-corrected chi connectivity index (χ2v) is 10.7. The van der Waals surface area contributed by atoms with E-state index in [1.165, 1.54) is 16.7 Å². The molecule has 1 aromatic heterocycles. The van der Waals surface area contributed by atoms with Crippen LogP contribution < -0.4 is 15.5 Å². The standard InChI is InChI=1S/C32H26N4O3S/c37-28(33-23-14-5-2-6-15-23)20-36-26-17-9-10-18-27(26)40-30(21-11-3-1-4-12-21)29(32(36)39)35-31(38)25-19-22-13-7-8-16-24(22)34-25/h1-19,29-30,34H,20H2,(H,33,37)(H,35,38)/t29-,30-/m1/s1. The third kappa shape index (κ3) is 5.21. The molecule has 4 aromatic carbocycles. The number of rotatable bonds is 6. The Hall–Kier alpha value is -4.82. The summed E-state index contributed by atoms with van der Waals surface area (Å²) in [6.45, 7) is -0.203. The molecule has 0 aliphatic carbocycles. The van der Waals surface area contributed by atoms with Gasteiger partial charge in [0.15, 0.2) is 0 Å². The quantitative estimate of drug-likeness (QED) is 0.252. The van der Waals surface area contributed by atoms with E-state index in [1.807, 2.05) is 97.1 Å². The summed E-state index contributed by atoms with van der Waals surface area (Å²) in [6, 6.07) is 34.7. The van der Waals surface area contributed by atoms with Gasteiger partial charge in [0.2, 0.25) is 5.91 Å². The van der Waals surface area contributed by atoms with Gasteiger partial charge in [-0.25, -0.2) is 0 Å². The van der Waals surface area contributed by atoms with Gasteiger partial charge in [0.25, 0.3) is 11.8 Å². The summed E-state index contributed by atoms with van der Waals surface area (Å²) < 4.78 is 0. The van der Waals surface area contributed by atoms with Crippen molar-refractivity contribution in [2.45, 2.75) is 16.2 Å². The Morgan fingerprint density at radius 2 is 1.50 bits per heavy atom. The lowest BCUT2D eigenvalue weighted by Gasteiger charge is -2.28. The SMILES string of the molecule is O=C(CN1C(=O)[C@H](NC(=O)c2cc3ccccc3[nH]2)[C@@H](c2ccccc2)Sc2ccccc21)Nc1ccccc1. The first-order valence-electron chi connectivity index (χ1n) is 12.9. The van der Waals surface area contributed by atoms with E-state index in [0.717, 1.165) is 21.4 Å². The average Bonchev–Trinajstić information content (AvgIpc) is 3.39. The predicted octanol–water partition coefficient (Wildman–Crippen LogP) is 5.79. The van der Waals surface area contributed by atoms with Crippen LogP contribution in [0.2, 0.25) is 0 Å². The monoisotopic (exact) mass is 546 g/mol. The first-order valence-corrected chi connectivity index (χ1v) is 13.8. The van der Waals surface area contributed by atoms with Crippen LogP contribution in [0.1, 0.15) is 21.3 Å². The topological polar surface area (TPSA) is 94.3 Å². The van der Waals surface area contributed by atoms with Gasteiger partial charge in [0, 0.05) is 21.5 Å². The third-order valence-corrected chi connectivity index (χ3v) is 8.19. The highest BCUT2D eigenvalue weighted by Crippen LogP contribution is 2.45. The predicted molar refractivity (Wildman–Crippen MR) is 158 cm³/mol. The molecule has 6 rings (SSSR count). The second kappa shape index (κ2) is 11.1. The van der Waals surface area contributed by atoms with Crippen molar-refractivity contribution < 1.29 is 14.4 Å². The van der Waals surface area contributed by atoms with Crippen LogP contribution in [0.15, 0.2) is 120 Å². The van der Waals surface area contributed by atoms with Gasteiger partial charge < -0.3 is 20.5 Å². The van der Waals surface area contributed by atoms with Crippen LogP contribution in [0.4, 0.5) is 11.4 Å². The highest BCUT2D eigenvalue weighted by Gasteiger charge is 2.40. The number of anilines is 2. The van der Waals surface area contributed by atoms with Crippen molar-refractivity contribution >= 4 is 51.8 Å². The van der Waals surface area contributed by atoms with E-state index in [0.29, 0.717) is 17.1 Å². The zero-order valence-electron chi connectivity index (χ0n) is 21.4. The molecule has 0 fully saturated rings. The lowest BCUT2D eigenvalue weighted by molar-refractivity contribution is -0.123. The molecule has 0 saturated carbocycles. The fourth-order valence-electron chi connectivity index (χ4n) is 4.88. The number of aromatic nitrogens is 1. The minimum atomic E-state index is -0.941. The van der Waals surface area contributed by atoms with Crippen LogP contribution in [0, 0.1) is 0 Å². The summed E-state index contributed by atoms with van der Waals surface area (Å²) >= 11 is 1.50. The maximum Gasteiger partial charge on any atom is 0.268 e. The number of hydrogen-bond donors (Lipinski definition) is 3. The van der Waals surface area contributed by atoms with Crippen LogP contribution in [-0.4, -0.2) is 35.3 Å². The maximum atomic E-state index is 14.3. The third-order valence-electron chi connectivity index (χ3n) is 6.79. The van der Waals surface area contributed by atoms with Crippen LogP contribution in [0.3, 0.4) is 0 Å². The first kappa shape index (κ1) is 25.5. The minimum absolute atomic E-state index is 0.203. The Kier molecular flexibility index (Phi) is 7.08. The number of para-hydroxylation sites is 3. The lowest BCUT2D eigenvalue weighted by atomic mass is 10.0. The molecule has 0 unspecified atom stereocenters. The van der Waals surface area contributed by atoms with E-state index in [9.17, 15) is 14.4 Å². The molecule has 3 N–H and O–H groups in total. The van der Waals surface area contributed by atoms with Gasteiger partial charge in [-0.3, -0.25) is 14.4 Å². The van der Waals surface area contributed by atoms with Crippen molar-refractivity contribution in [3.8, 4) is 0 Å². The van der Waals surface area contributed by atoms with E-state index in [-0.39, 0.29) is 18.4 Å². The zero-order chi connectivity index (χ0) is 27.5. The Labute approximate surface area is 235 Å². The van der Waals surface area contributed by atoms with Gasteiger partial charge in [0.05, 0.1) is 10.9 Å². The van der Waals surface area contributed by atoms with Crippen LogP contribution in [0.5, 0.6) is 0 Å². The first-order chi connectivity index (χ1) is 19.6. The highest BCUT2D eigenvalue weighted by molar-refractivity contribution is 7.99. The molecule has 40 heavy (non-hydrogen) atoms. The summed E-state index contributed by atoms with van der Waals surface area (Å²) in [4.78, 5) is 46.5. The number of fused-ring (bicyclic) bond motifs is 2. The van der Waals surface area contributed by atoms with Gasteiger partial charge in [-0.1, -0.05) is 78.9 Å². The Morgan fingerprint density at radius 3 is 2.27 bits per heavy atom. The second-order valence-electron chi connectivity index (χ2n) is 9.48. The number of amides is 3. The number of carbonyl (C=O) groups is 3. The lowest BCUT2D eigenvalue weighted by Crippen LogP contribution is -2.52. The Balaban J connectivity index is 1.37. The molecule has 198 valence electrons. The number of benzene rings is 4. The average molecular weight is 547 g/mol. The number of aromatic amines is 1. The summed E-state index contributed by atoms with van der Waals surface area (Å²) in [5, 5.41) is 6.35. The number of nitrogens with one attached hydrogen (secondary N) is 3. The van der Waals surface area contributed by atoms with Crippen LogP contribution >= 0.6 is 11.8 Å². The Morgan fingerprint density at radius 1 is 0.825 bits per heavy atom. The summed E-state index contributed by atoms with van der Waals surface area (Å²) in [5.74, 6) is -1.09. The zero-order valence-corrected chi connectivity index (χ0v) is 22.2. The van der Waals surface area contributed by atoms with Crippen molar-refractivity contribution in [1.29, 1.82) is 0 Å².